The molecule has 0 aromatic rings. The van der Waals surface area contributed by atoms with E-state index in [0.717, 1.165) is 39.4 Å². The van der Waals surface area contributed by atoms with Gasteiger partial charge >= 0.3 is 0 Å². The van der Waals surface area contributed by atoms with Crippen LogP contribution in [0, 0.1) is 5.92 Å². The summed E-state index contributed by atoms with van der Waals surface area (Å²) in [6.45, 7) is 15.2. The van der Waals surface area contributed by atoms with Gasteiger partial charge in [-0.25, -0.2) is 0 Å². The molecule has 3 nitrogen and oxygen atoms in total. The second-order valence-corrected chi connectivity index (χ2v) is 6.32. The molecule has 0 aromatic heterocycles. The Morgan fingerprint density at radius 2 is 1.56 bits per heavy atom. The van der Waals surface area contributed by atoms with Crippen LogP contribution in [0.3, 0.4) is 0 Å². The lowest BCUT2D eigenvalue weighted by atomic mass is 10.1. The number of hydrogen-bond acceptors (Lipinski definition) is 3. The van der Waals surface area contributed by atoms with Crippen LogP contribution in [0.1, 0.15) is 53.9 Å². The third-order valence-corrected chi connectivity index (χ3v) is 2.44. The molecule has 0 aliphatic carbocycles. The van der Waals surface area contributed by atoms with E-state index in [2.05, 4.69) is 39.9 Å². The summed E-state index contributed by atoms with van der Waals surface area (Å²) in [4.78, 5) is 0. The van der Waals surface area contributed by atoms with E-state index in [0.29, 0.717) is 5.92 Å². The first-order chi connectivity index (χ1) is 8.42. The highest BCUT2D eigenvalue weighted by molar-refractivity contribution is 4.69. The van der Waals surface area contributed by atoms with Gasteiger partial charge in [0.2, 0.25) is 0 Å². The van der Waals surface area contributed by atoms with Crippen molar-refractivity contribution in [2.45, 2.75) is 59.4 Å². The van der Waals surface area contributed by atoms with Gasteiger partial charge in [-0.2, -0.15) is 0 Å². The molecule has 0 fully saturated rings. The Hall–Kier alpha value is -0.120. The first-order valence-electron chi connectivity index (χ1n) is 7.32. The summed E-state index contributed by atoms with van der Waals surface area (Å²) in [6, 6.07) is 0. The highest BCUT2D eigenvalue weighted by atomic mass is 16.5. The highest BCUT2D eigenvalue weighted by Crippen LogP contribution is 2.01. The predicted octanol–water partition coefficient (Wildman–Crippen LogP) is 3.23. The number of unbranched alkanes of at least 4 members (excludes halogenated alkanes) is 2. The first kappa shape index (κ1) is 17.9. The zero-order chi connectivity index (χ0) is 13.9. The molecule has 0 amide bonds. The molecule has 0 radical (unpaired) electrons. The molecule has 0 heterocycles. The fourth-order valence-electron chi connectivity index (χ4n) is 1.51. The zero-order valence-corrected chi connectivity index (χ0v) is 13.1. The van der Waals surface area contributed by atoms with E-state index < -0.39 is 0 Å². The lowest BCUT2D eigenvalue weighted by Crippen LogP contribution is -2.36. The van der Waals surface area contributed by atoms with Crippen LogP contribution in [-0.4, -0.2) is 38.5 Å². The minimum absolute atomic E-state index is 0.240. The van der Waals surface area contributed by atoms with Crippen molar-refractivity contribution < 1.29 is 9.47 Å². The molecule has 0 aliphatic heterocycles. The van der Waals surface area contributed by atoms with Gasteiger partial charge in [-0.1, -0.05) is 13.8 Å². The Morgan fingerprint density at radius 3 is 2.17 bits per heavy atom. The van der Waals surface area contributed by atoms with Crippen LogP contribution >= 0.6 is 0 Å². The molecular weight excluding hydrogens is 226 g/mol. The number of nitrogens with one attached hydrogen (secondary N) is 1. The molecule has 0 spiro atoms. The lowest BCUT2D eigenvalue weighted by molar-refractivity contribution is 0.0366. The third-order valence-electron chi connectivity index (χ3n) is 2.44. The zero-order valence-electron chi connectivity index (χ0n) is 13.1. The molecule has 0 aromatic carbocycles. The monoisotopic (exact) mass is 259 g/mol. The maximum Gasteiger partial charge on any atom is 0.0700 e. The van der Waals surface area contributed by atoms with Crippen LogP contribution in [0.15, 0.2) is 0 Å². The molecule has 0 atom stereocenters. The Morgan fingerprint density at radius 1 is 0.889 bits per heavy atom. The number of rotatable bonds is 11. The van der Waals surface area contributed by atoms with Gasteiger partial charge in [0.15, 0.2) is 0 Å². The Labute approximate surface area is 114 Å². The lowest BCUT2D eigenvalue weighted by Gasteiger charge is -2.20. The van der Waals surface area contributed by atoms with Crippen molar-refractivity contribution in [1.29, 1.82) is 0 Å². The normalized spacial score (nSPS) is 12.3. The van der Waals surface area contributed by atoms with Gasteiger partial charge in [0.05, 0.1) is 13.2 Å². The number of hydrogen-bond donors (Lipinski definition) is 1. The average molecular weight is 259 g/mol. The van der Waals surface area contributed by atoms with Crippen LogP contribution in [0.4, 0.5) is 0 Å². The minimum atomic E-state index is 0.240. The van der Waals surface area contributed by atoms with Crippen LogP contribution < -0.4 is 5.32 Å². The van der Waals surface area contributed by atoms with Gasteiger partial charge < -0.3 is 14.8 Å². The van der Waals surface area contributed by atoms with Crippen molar-refractivity contribution >= 4 is 0 Å². The van der Waals surface area contributed by atoms with E-state index >= 15 is 0 Å². The van der Waals surface area contributed by atoms with Crippen molar-refractivity contribution in [3.05, 3.63) is 0 Å². The predicted molar refractivity (Wildman–Crippen MR) is 78.1 cm³/mol. The first-order valence-corrected chi connectivity index (χ1v) is 7.32. The fraction of sp³-hybridized carbons (Fsp3) is 1.00. The molecule has 0 bridgehead atoms. The molecule has 0 unspecified atom stereocenters. The van der Waals surface area contributed by atoms with Gasteiger partial charge in [0, 0.05) is 18.8 Å². The molecular formula is C15H33NO2. The van der Waals surface area contributed by atoms with E-state index in [4.69, 9.17) is 9.47 Å². The van der Waals surface area contributed by atoms with Crippen molar-refractivity contribution in [3.8, 4) is 0 Å². The second-order valence-electron chi connectivity index (χ2n) is 6.32. The standard InChI is InChI=1S/C15H33NO2/c1-14(2)13-18-12-11-17-10-8-6-7-9-16-15(3,4)5/h14,16H,6-13H2,1-5H3. The third kappa shape index (κ3) is 15.9. The minimum Gasteiger partial charge on any atom is -0.379 e. The van der Waals surface area contributed by atoms with E-state index in [1.54, 1.807) is 0 Å². The summed E-state index contributed by atoms with van der Waals surface area (Å²) in [5, 5.41) is 3.49. The molecule has 3 heteroatoms. The number of ether oxygens (including phenoxy) is 2. The van der Waals surface area contributed by atoms with Crippen LogP contribution in [0.5, 0.6) is 0 Å². The summed E-state index contributed by atoms with van der Waals surface area (Å²) < 4.78 is 11.0. The molecule has 0 saturated heterocycles. The van der Waals surface area contributed by atoms with Crippen molar-refractivity contribution in [3.63, 3.8) is 0 Å². The summed E-state index contributed by atoms with van der Waals surface area (Å²) in [7, 11) is 0. The second kappa shape index (κ2) is 10.8. The molecule has 18 heavy (non-hydrogen) atoms. The largest absolute Gasteiger partial charge is 0.379 e. The van der Waals surface area contributed by atoms with E-state index in [9.17, 15) is 0 Å². The Kier molecular flexibility index (Phi) is 10.7. The fourth-order valence-corrected chi connectivity index (χ4v) is 1.51. The van der Waals surface area contributed by atoms with Gasteiger partial charge in [-0.15, -0.1) is 0 Å². The van der Waals surface area contributed by atoms with Gasteiger partial charge in [0.25, 0.3) is 0 Å². The maximum atomic E-state index is 5.52. The van der Waals surface area contributed by atoms with Crippen molar-refractivity contribution in [1.82, 2.24) is 5.32 Å². The van der Waals surface area contributed by atoms with Crippen molar-refractivity contribution in [2.75, 3.05) is 33.0 Å². The average Bonchev–Trinajstić information content (AvgIpc) is 2.24. The maximum absolute atomic E-state index is 5.52. The topological polar surface area (TPSA) is 30.5 Å². The van der Waals surface area contributed by atoms with Crippen molar-refractivity contribution in [2.24, 2.45) is 5.92 Å². The quantitative estimate of drug-likeness (QED) is 0.578. The summed E-state index contributed by atoms with van der Waals surface area (Å²) in [5.74, 6) is 0.611. The van der Waals surface area contributed by atoms with Gasteiger partial charge in [-0.05, 0) is 52.5 Å². The SMILES string of the molecule is CC(C)COCCOCCCCCNC(C)(C)C. The van der Waals surface area contributed by atoms with Crippen LogP contribution in [-0.2, 0) is 9.47 Å². The Balaban J connectivity index is 3.04. The van der Waals surface area contributed by atoms with E-state index in [-0.39, 0.29) is 5.54 Å². The van der Waals surface area contributed by atoms with Crippen LogP contribution in [0.2, 0.25) is 0 Å². The molecule has 1 N–H and O–H groups in total. The van der Waals surface area contributed by atoms with Crippen LogP contribution in [0.25, 0.3) is 0 Å². The summed E-state index contributed by atoms with van der Waals surface area (Å²) >= 11 is 0. The molecule has 0 saturated carbocycles. The van der Waals surface area contributed by atoms with Gasteiger partial charge in [-0.3, -0.25) is 0 Å². The van der Waals surface area contributed by atoms with E-state index in [1.165, 1.54) is 12.8 Å². The molecule has 110 valence electrons. The Bertz CT molecular complexity index is 176. The molecule has 0 aliphatic rings. The summed E-state index contributed by atoms with van der Waals surface area (Å²) in [6.07, 6.45) is 3.61. The van der Waals surface area contributed by atoms with E-state index in [1.807, 2.05) is 0 Å². The van der Waals surface area contributed by atoms with Gasteiger partial charge in [0.1, 0.15) is 0 Å². The summed E-state index contributed by atoms with van der Waals surface area (Å²) in [5.41, 5.74) is 0.240. The molecule has 0 rings (SSSR count). The smallest absolute Gasteiger partial charge is 0.0700 e. The highest BCUT2D eigenvalue weighted by Gasteiger charge is 2.06.